The Bertz CT molecular complexity index is 1090. The second-order valence-electron chi connectivity index (χ2n) is 13.1. The summed E-state index contributed by atoms with van der Waals surface area (Å²) in [4.78, 5) is 38.6. The van der Waals surface area contributed by atoms with E-state index in [0.29, 0.717) is 25.9 Å². The lowest BCUT2D eigenvalue weighted by Crippen LogP contribution is -2.50. The molecule has 0 aromatic carbocycles. The molecule has 0 saturated carbocycles. The van der Waals surface area contributed by atoms with Crippen LogP contribution < -0.4 is 5.32 Å². The minimum atomic E-state index is -0.762. The molecule has 9 atom stereocenters. The van der Waals surface area contributed by atoms with Crippen LogP contribution in [0.3, 0.4) is 0 Å². The van der Waals surface area contributed by atoms with Crippen LogP contribution in [-0.2, 0) is 28.5 Å². The van der Waals surface area contributed by atoms with Crippen molar-refractivity contribution >= 4 is 17.8 Å². The molecule has 0 radical (unpaired) electrons. The minimum Gasteiger partial charge on any atom is -0.442 e. The highest BCUT2D eigenvalue weighted by molar-refractivity contribution is 5.87. The van der Waals surface area contributed by atoms with Crippen molar-refractivity contribution in [2.75, 3.05) is 19.7 Å². The molecule has 0 bridgehead atoms. The van der Waals surface area contributed by atoms with Crippen LogP contribution in [-0.4, -0.2) is 95.8 Å². The SMILES string of the molecule is CCC(=O)C[C@@H]1C[C@@]2(CO2)[C@H](O)[C@@H](/C=C/C(C)=C/C[C@@H]2O[C@H](C)[C@H](NC(=O)/C=C\[C@H](C)OC(=O)N3CCCCC3)C[C@@H]2C)O1. The lowest BCUT2D eigenvalue weighted by molar-refractivity contribution is -0.144. The van der Waals surface area contributed by atoms with Gasteiger partial charge < -0.3 is 34.3 Å². The number of hydrogen-bond acceptors (Lipinski definition) is 8. The topological polar surface area (TPSA) is 127 Å². The first-order valence-corrected chi connectivity index (χ1v) is 16.4. The zero-order chi connectivity index (χ0) is 31.9. The molecule has 0 unspecified atom stereocenters. The van der Waals surface area contributed by atoms with Gasteiger partial charge in [0.15, 0.2) is 0 Å². The molecule has 2 N–H and O–H groups in total. The van der Waals surface area contributed by atoms with Gasteiger partial charge >= 0.3 is 6.09 Å². The second kappa shape index (κ2) is 15.7. The number of hydrogen-bond donors (Lipinski definition) is 2. The van der Waals surface area contributed by atoms with Crippen LogP contribution in [0.15, 0.2) is 36.0 Å². The summed E-state index contributed by atoms with van der Waals surface area (Å²) in [5, 5.41) is 13.9. The first-order chi connectivity index (χ1) is 21.0. The number of piperidine rings is 1. The molecular weight excluding hydrogens is 564 g/mol. The van der Waals surface area contributed by atoms with Crippen LogP contribution >= 0.6 is 0 Å². The molecule has 246 valence electrons. The molecule has 4 saturated heterocycles. The van der Waals surface area contributed by atoms with Gasteiger partial charge in [-0.25, -0.2) is 4.79 Å². The number of likely N-dealkylation sites (tertiary alicyclic amines) is 1. The van der Waals surface area contributed by atoms with Crippen molar-refractivity contribution in [2.45, 2.75) is 134 Å². The van der Waals surface area contributed by atoms with E-state index in [1.54, 1.807) is 17.9 Å². The van der Waals surface area contributed by atoms with E-state index in [-0.39, 0.29) is 48.1 Å². The number of nitrogens with one attached hydrogen (secondary N) is 1. The first kappa shape index (κ1) is 34.3. The number of ketones is 1. The zero-order valence-electron chi connectivity index (χ0n) is 27.0. The zero-order valence-corrected chi connectivity index (χ0v) is 27.0. The normalized spacial score (nSPS) is 35.2. The van der Waals surface area contributed by atoms with Crippen LogP contribution in [0.25, 0.3) is 0 Å². The highest BCUT2D eigenvalue weighted by atomic mass is 16.6. The van der Waals surface area contributed by atoms with Crippen molar-refractivity contribution in [3.05, 3.63) is 36.0 Å². The van der Waals surface area contributed by atoms with Gasteiger partial charge in [-0.3, -0.25) is 9.59 Å². The van der Waals surface area contributed by atoms with Crippen molar-refractivity contribution < 1.29 is 38.4 Å². The van der Waals surface area contributed by atoms with Gasteiger partial charge in [0.2, 0.25) is 5.91 Å². The molecule has 4 rings (SSSR count). The van der Waals surface area contributed by atoms with E-state index in [1.165, 1.54) is 6.08 Å². The average molecular weight is 617 g/mol. The Labute approximate surface area is 262 Å². The summed E-state index contributed by atoms with van der Waals surface area (Å²) < 4.78 is 23.5. The molecule has 4 fully saturated rings. The molecular formula is C34H52N2O8. The molecule has 1 spiro atoms. The van der Waals surface area contributed by atoms with Crippen molar-refractivity contribution in [3.63, 3.8) is 0 Å². The molecule has 44 heavy (non-hydrogen) atoms. The average Bonchev–Trinajstić information content (AvgIpc) is 3.78. The van der Waals surface area contributed by atoms with Crippen molar-refractivity contribution in [2.24, 2.45) is 5.92 Å². The predicted octanol–water partition coefficient (Wildman–Crippen LogP) is 4.40. The van der Waals surface area contributed by atoms with Gasteiger partial charge in [-0.05, 0) is 64.9 Å². The lowest BCUT2D eigenvalue weighted by Gasteiger charge is -2.39. The molecule has 2 amide bonds. The highest BCUT2D eigenvalue weighted by Crippen LogP contribution is 2.43. The Kier molecular flexibility index (Phi) is 12.2. The Balaban J connectivity index is 1.22. The van der Waals surface area contributed by atoms with Crippen LogP contribution in [0.5, 0.6) is 0 Å². The van der Waals surface area contributed by atoms with E-state index >= 15 is 0 Å². The van der Waals surface area contributed by atoms with Gasteiger partial charge in [0, 0.05) is 38.4 Å². The Hall–Kier alpha value is -2.53. The molecule has 0 aromatic heterocycles. The summed E-state index contributed by atoms with van der Waals surface area (Å²) in [6.07, 6.45) is 12.5. The number of epoxide rings is 1. The summed E-state index contributed by atoms with van der Waals surface area (Å²) in [6.45, 7) is 11.7. The van der Waals surface area contributed by atoms with E-state index in [0.717, 1.165) is 50.8 Å². The van der Waals surface area contributed by atoms with Crippen molar-refractivity contribution in [1.29, 1.82) is 0 Å². The number of aliphatic hydroxyl groups is 1. The highest BCUT2D eigenvalue weighted by Gasteiger charge is 2.58. The number of carbonyl (C=O) groups is 3. The van der Waals surface area contributed by atoms with Gasteiger partial charge in [0.1, 0.15) is 29.7 Å². The number of allylic oxidation sites excluding steroid dienone is 2. The summed E-state index contributed by atoms with van der Waals surface area (Å²) in [5.74, 6) is 0.144. The van der Waals surface area contributed by atoms with Crippen LogP contribution in [0.4, 0.5) is 4.79 Å². The molecule has 0 aliphatic carbocycles. The summed E-state index contributed by atoms with van der Waals surface area (Å²) in [5.41, 5.74) is 0.433. The number of aliphatic hydroxyl groups excluding tert-OH is 1. The number of ether oxygens (including phenoxy) is 4. The van der Waals surface area contributed by atoms with Gasteiger partial charge in [-0.1, -0.05) is 37.6 Å². The smallest absolute Gasteiger partial charge is 0.410 e. The van der Waals surface area contributed by atoms with E-state index in [1.807, 2.05) is 32.9 Å². The van der Waals surface area contributed by atoms with Crippen LogP contribution in [0.2, 0.25) is 0 Å². The first-order valence-electron chi connectivity index (χ1n) is 16.4. The van der Waals surface area contributed by atoms with E-state index in [9.17, 15) is 19.5 Å². The van der Waals surface area contributed by atoms with E-state index in [4.69, 9.17) is 18.9 Å². The number of amides is 2. The maximum Gasteiger partial charge on any atom is 0.410 e. The van der Waals surface area contributed by atoms with Crippen molar-refractivity contribution in [3.8, 4) is 0 Å². The number of nitrogens with zero attached hydrogens (tertiary/aromatic N) is 1. The third-order valence-corrected chi connectivity index (χ3v) is 9.32. The van der Waals surface area contributed by atoms with Crippen molar-refractivity contribution in [1.82, 2.24) is 10.2 Å². The van der Waals surface area contributed by atoms with E-state index in [2.05, 4.69) is 18.3 Å². The minimum absolute atomic E-state index is 0.00959. The third kappa shape index (κ3) is 9.49. The second-order valence-corrected chi connectivity index (χ2v) is 13.1. The molecule has 4 aliphatic rings. The molecule has 10 nitrogen and oxygen atoms in total. The molecule has 4 heterocycles. The fourth-order valence-electron chi connectivity index (χ4n) is 6.33. The molecule has 10 heteroatoms. The number of rotatable bonds is 11. The maximum absolute atomic E-state index is 12.6. The third-order valence-electron chi connectivity index (χ3n) is 9.32. The number of Topliss-reactive ketones (excluding diaryl/α,β-unsaturated/α-hetero) is 1. The largest absolute Gasteiger partial charge is 0.442 e. The lowest BCUT2D eigenvalue weighted by atomic mass is 9.86. The molecule has 0 aromatic rings. The maximum atomic E-state index is 12.6. The Morgan fingerprint density at radius 3 is 2.55 bits per heavy atom. The standard InChI is InChI=1S/C34H52N2O8/c1-6-26(37)19-27-20-34(21-41-34)32(39)30(44-27)14-11-22(2)10-13-29-23(3)18-28(25(5)43-29)35-31(38)15-12-24(4)42-33(40)36-16-8-7-9-17-36/h10-12,14-15,23-25,27-30,32,39H,6-9,13,16-21H2,1-5H3,(H,35,38)/b14-11+,15-12-,22-10+/t23-,24-,25+,27+,28+,29-,30+,32+,34+/m0/s1. The van der Waals surface area contributed by atoms with Gasteiger partial charge in [0.25, 0.3) is 0 Å². The molecule has 4 aliphatic heterocycles. The predicted molar refractivity (Wildman–Crippen MR) is 166 cm³/mol. The fraction of sp³-hybridized carbons (Fsp3) is 0.735. The Morgan fingerprint density at radius 1 is 1.14 bits per heavy atom. The summed E-state index contributed by atoms with van der Waals surface area (Å²) in [6, 6.07) is -0.121. The van der Waals surface area contributed by atoms with Gasteiger partial charge in [0.05, 0.1) is 31.0 Å². The quantitative estimate of drug-likeness (QED) is 0.199. The Morgan fingerprint density at radius 2 is 1.86 bits per heavy atom. The van der Waals surface area contributed by atoms with Gasteiger partial charge in [-0.15, -0.1) is 0 Å². The summed E-state index contributed by atoms with van der Waals surface area (Å²) >= 11 is 0. The summed E-state index contributed by atoms with van der Waals surface area (Å²) in [7, 11) is 0. The van der Waals surface area contributed by atoms with Crippen LogP contribution in [0.1, 0.15) is 86.0 Å². The number of carbonyl (C=O) groups excluding carboxylic acids is 3. The van der Waals surface area contributed by atoms with Gasteiger partial charge in [-0.2, -0.15) is 0 Å². The fourth-order valence-corrected chi connectivity index (χ4v) is 6.33. The monoisotopic (exact) mass is 616 g/mol. The van der Waals surface area contributed by atoms with Crippen LogP contribution in [0, 0.1) is 5.92 Å². The van der Waals surface area contributed by atoms with E-state index < -0.39 is 23.9 Å².